The average Bonchev–Trinajstić information content (AvgIpc) is 2.62. The van der Waals surface area contributed by atoms with E-state index in [1.807, 2.05) is 17.0 Å². The van der Waals surface area contributed by atoms with Crippen LogP contribution in [0.3, 0.4) is 0 Å². The summed E-state index contributed by atoms with van der Waals surface area (Å²) < 4.78 is 0. The minimum atomic E-state index is -0.374. The molecule has 3 rings (SSSR count). The van der Waals surface area contributed by atoms with Crippen molar-refractivity contribution >= 4 is 23.2 Å². The Kier molecular flexibility index (Phi) is 5.16. The summed E-state index contributed by atoms with van der Waals surface area (Å²) in [4.78, 5) is 29.8. The van der Waals surface area contributed by atoms with E-state index in [1.54, 1.807) is 6.92 Å². The van der Waals surface area contributed by atoms with E-state index >= 15 is 0 Å². The number of carbonyl (C=O) groups is 2. The van der Waals surface area contributed by atoms with Gasteiger partial charge in [-0.2, -0.15) is 0 Å². The molecule has 0 radical (unpaired) electrons. The Bertz CT molecular complexity index is 645. The summed E-state index contributed by atoms with van der Waals surface area (Å²) in [6, 6.07) is 5.92. The monoisotopic (exact) mass is 344 g/mol. The van der Waals surface area contributed by atoms with E-state index in [0.29, 0.717) is 5.56 Å². The summed E-state index contributed by atoms with van der Waals surface area (Å²) in [5.74, 6) is 0.490. The molecule has 2 amide bonds. The molecule has 0 aliphatic carbocycles. The molecule has 1 aromatic carbocycles. The first kappa shape index (κ1) is 17.6. The van der Waals surface area contributed by atoms with Crippen LogP contribution in [0.25, 0.3) is 0 Å². The van der Waals surface area contributed by atoms with Gasteiger partial charge in [0.05, 0.1) is 11.3 Å². The Balaban J connectivity index is 1.81. The van der Waals surface area contributed by atoms with Gasteiger partial charge >= 0.3 is 0 Å². The van der Waals surface area contributed by atoms with Crippen LogP contribution in [0, 0.1) is 5.92 Å². The van der Waals surface area contributed by atoms with Crippen molar-refractivity contribution in [1.29, 1.82) is 0 Å². The third kappa shape index (κ3) is 3.89. The maximum Gasteiger partial charge on any atom is 0.250 e. The Morgan fingerprint density at radius 3 is 2.20 bits per heavy atom. The number of amides is 2. The number of piperidine rings is 1. The highest BCUT2D eigenvalue weighted by Gasteiger charge is 2.23. The molecule has 2 aliphatic heterocycles. The van der Waals surface area contributed by atoms with Crippen LogP contribution in [0.5, 0.6) is 0 Å². The van der Waals surface area contributed by atoms with Gasteiger partial charge in [-0.05, 0) is 37.0 Å². The van der Waals surface area contributed by atoms with Crippen molar-refractivity contribution in [2.45, 2.75) is 26.7 Å². The van der Waals surface area contributed by atoms with Crippen molar-refractivity contribution in [2.24, 2.45) is 11.7 Å². The molecule has 0 saturated carbocycles. The van der Waals surface area contributed by atoms with Crippen molar-refractivity contribution in [1.82, 2.24) is 4.90 Å². The molecule has 0 spiro atoms. The molecule has 6 heteroatoms. The summed E-state index contributed by atoms with van der Waals surface area (Å²) in [6.45, 7) is 8.92. The molecule has 136 valence electrons. The number of nitrogens with zero attached hydrogens (tertiary/aromatic N) is 3. The maximum atomic E-state index is 11.9. The fraction of sp³-hybridized carbons (Fsp3) is 0.579. The SMILES string of the molecule is CC(=O)N1CCN(c2ccc(C(N)=O)c(N3CCC(C)CC3)c2)CC1. The highest BCUT2D eigenvalue weighted by molar-refractivity contribution is 5.99. The van der Waals surface area contributed by atoms with E-state index in [-0.39, 0.29) is 11.8 Å². The van der Waals surface area contributed by atoms with Crippen LogP contribution in [-0.4, -0.2) is 56.0 Å². The first-order chi connectivity index (χ1) is 12.0. The van der Waals surface area contributed by atoms with Crippen LogP contribution in [0.2, 0.25) is 0 Å². The van der Waals surface area contributed by atoms with Gasteiger partial charge in [0, 0.05) is 51.9 Å². The summed E-state index contributed by atoms with van der Waals surface area (Å²) in [6.07, 6.45) is 2.28. The van der Waals surface area contributed by atoms with Crippen molar-refractivity contribution in [3.8, 4) is 0 Å². The molecule has 2 saturated heterocycles. The Morgan fingerprint density at radius 1 is 1.00 bits per heavy atom. The van der Waals surface area contributed by atoms with E-state index in [1.165, 1.54) is 0 Å². The smallest absolute Gasteiger partial charge is 0.250 e. The number of anilines is 2. The molecule has 25 heavy (non-hydrogen) atoms. The van der Waals surface area contributed by atoms with E-state index in [0.717, 1.165) is 69.4 Å². The van der Waals surface area contributed by atoms with Crippen LogP contribution >= 0.6 is 0 Å². The Morgan fingerprint density at radius 2 is 1.64 bits per heavy atom. The standard InChI is InChI=1S/C19H28N4O2/c1-14-5-7-23(8-6-14)18-13-16(3-4-17(18)19(20)25)22-11-9-21(10-12-22)15(2)24/h3-4,13-14H,5-12H2,1-2H3,(H2,20,25). The first-order valence-electron chi connectivity index (χ1n) is 9.15. The third-order valence-corrected chi connectivity index (χ3v) is 5.46. The quantitative estimate of drug-likeness (QED) is 0.906. The van der Waals surface area contributed by atoms with Crippen LogP contribution in [0.1, 0.15) is 37.0 Å². The van der Waals surface area contributed by atoms with Crippen LogP contribution in [-0.2, 0) is 4.79 Å². The molecule has 2 aliphatic rings. The molecule has 2 N–H and O–H groups in total. The number of primary amides is 1. The predicted octanol–water partition coefficient (Wildman–Crippen LogP) is 1.69. The van der Waals surface area contributed by atoms with Gasteiger partial charge in [-0.1, -0.05) is 6.92 Å². The second-order valence-corrected chi connectivity index (χ2v) is 7.23. The zero-order valence-electron chi connectivity index (χ0n) is 15.2. The number of rotatable bonds is 3. The van der Waals surface area contributed by atoms with Crippen LogP contribution in [0.15, 0.2) is 18.2 Å². The van der Waals surface area contributed by atoms with E-state index in [4.69, 9.17) is 5.73 Å². The molecular weight excluding hydrogens is 316 g/mol. The second kappa shape index (κ2) is 7.33. The number of hydrogen-bond donors (Lipinski definition) is 1. The molecule has 0 unspecified atom stereocenters. The lowest BCUT2D eigenvalue weighted by molar-refractivity contribution is -0.129. The highest BCUT2D eigenvalue weighted by Crippen LogP contribution is 2.30. The van der Waals surface area contributed by atoms with Crippen molar-refractivity contribution in [3.05, 3.63) is 23.8 Å². The summed E-state index contributed by atoms with van der Waals surface area (Å²) >= 11 is 0. The molecule has 2 heterocycles. The summed E-state index contributed by atoms with van der Waals surface area (Å²) in [5.41, 5.74) is 8.25. The van der Waals surface area contributed by atoms with E-state index in [2.05, 4.69) is 22.8 Å². The highest BCUT2D eigenvalue weighted by atomic mass is 16.2. The van der Waals surface area contributed by atoms with Gasteiger partial charge < -0.3 is 20.4 Å². The number of hydrogen-bond acceptors (Lipinski definition) is 4. The van der Waals surface area contributed by atoms with Gasteiger partial charge in [0.25, 0.3) is 5.91 Å². The normalized spacial score (nSPS) is 19.2. The first-order valence-corrected chi connectivity index (χ1v) is 9.15. The molecule has 6 nitrogen and oxygen atoms in total. The third-order valence-electron chi connectivity index (χ3n) is 5.46. The summed E-state index contributed by atoms with van der Waals surface area (Å²) in [7, 11) is 0. The number of benzene rings is 1. The van der Waals surface area contributed by atoms with Gasteiger partial charge in [-0.3, -0.25) is 9.59 Å². The van der Waals surface area contributed by atoms with Crippen molar-refractivity contribution < 1.29 is 9.59 Å². The fourth-order valence-electron chi connectivity index (χ4n) is 3.72. The maximum absolute atomic E-state index is 11.9. The molecular formula is C19H28N4O2. The van der Waals surface area contributed by atoms with Crippen LogP contribution in [0.4, 0.5) is 11.4 Å². The molecule has 1 aromatic rings. The van der Waals surface area contributed by atoms with Crippen LogP contribution < -0.4 is 15.5 Å². The lowest BCUT2D eigenvalue weighted by atomic mass is 9.97. The van der Waals surface area contributed by atoms with Gasteiger partial charge in [0.1, 0.15) is 0 Å². The molecule has 0 aromatic heterocycles. The summed E-state index contributed by atoms with van der Waals surface area (Å²) in [5, 5.41) is 0. The number of nitrogens with two attached hydrogens (primary N) is 1. The topological polar surface area (TPSA) is 69.9 Å². The van der Waals surface area contributed by atoms with E-state index < -0.39 is 0 Å². The Labute approximate surface area is 149 Å². The second-order valence-electron chi connectivity index (χ2n) is 7.23. The Hall–Kier alpha value is -2.24. The van der Waals surface area contributed by atoms with Gasteiger partial charge in [-0.15, -0.1) is 0 Å². The fourth-order valence-corrected chi connectivity index (χ4v) is 3.72. The number of piperazine rings is 1. The largest absolute Gasteiger partial charge is 0.371 e. The predicted molar refractivity (Wildman–Crippen MR) is 100 cm³/mol. The van der Waals surface area contributed by atoms with Crippen molar-refractivity contribution in [3.63, 3.8) is 0 Å². The van der Waals surface area contributed by atoms with Gasteiger partial charge in [-0.25, -0.2) is 0 Å². The van der Waals surface area contributed by atoms with Crippen molar-refractivity contribution in [2.75, 3.05) is 49.1 Å². The minimum absolute atomic E-state index is 0.131. The minimum Gasteiger partial charge on any atom is -0.371 e. The lowest BCUT2D eigenvalue weighted by Gasteiger charge is -2.37. The van der Waals surface area contributed by atoms with Gasteiger partial charge in [0.15, 0.2) is 0 Å². The average molecular weight is 344 g/mol. The van der Waals surface area contributed by atoms with Gasteiger partial charge in [0.2, 0.25) is 5.91 Å². The zero-order chi connectivity index (χ0) is 18.0. The lowest BCUT2D eigenvalue weighted by Crippen LogP contribution is -2.48. The molecule has 0 atom stereocenters. The number of carbonyl (C=O) groups excluding carboxylic acids is 2. The molecule has 2 fully saturated rings. The zero-order valence-corrected chi connectivity index (χ0v) is 15.2. The van der Waals surface area contributed by atoms with E-state index in [9.17, 15) is 9.59 Å². The molecule has 0 bridgehead atoms.